The summed E-state index contributed by atoms with van der Waals surface area (Å²) in [6, 6.07) is 0. The third-order valence-corrected chi connectivity index (χ3v) is 0.258. The fourth-order valence-electron chi connectivity index (χ4n) is 0. The van der Waals surface area contributed by atoms with Crippen LogP contribution in [0, 0.1) is 0 Å². The van der Waals surface area contributed by atoms with Gasteiger partial charge < -0.3 is 0 Å². The van der Waals surface area contributed by atoms with E-state index in [2.05, 4.69) is 0 Å². The minimum Gasteiger partial charge on any atom is -0.286 e. The van der Waals surface area contributed by atoms with Crippen molar-refractivity contribution in [3.63, 3.8) is 0 Å². The van der Waals surface area contributed by atoms with Gasteiger partial charge in [-0.25, -0.2) is 8.42 Å². The Morgan fingerprint density at radius 3 is 1.60 bits per heavy atom. The Labute approximate surface area is 30.6 Å². The number of carbonyl (C=O) groups is 1. The predicted molar refractivity (Wildman–Crippen MR) is 17.1 cm³/mol. The molecule has 0 aromatic rings. The smallest absolute Gasteiger partial charge is 0.231 e. The molecule has 0 saturated heterocycles. The summed E-state index contributed by atoms with van der Waals surface area (Å²) < 4.78 is 18.1. The van der Waals surface area contributed by atoms with Gasteiger partial charge in [0.05, 0.1) is 0 Å². The molecule has 0 heterocycles. The van der Waals surface area contributed by atoms with E-state index in [-0.39, 0.29) is 5.62 Å². The number of thiol groups is 1. The van der Waals surface area contributed by atoms with Gasteiger partial charge in [0.25, 0.3) is 0 Å². The Bertz CT molecular complexity index is 83.1. The van der Waals surface area contributed by atoms with Gasteiger partial charge in [-0.2, -0.15) is 0 Å². The van der Waals surface area contributed by atoms with Gasteiger partial charge in [0.15, 0.2) is 10.7 Å². The molecule has 0 aliphatic carbocycles. The number of rotatable bonds is 1. The summed E-state index contributed by atoms with van der Waals surface area (Å²) in [4.78, 5) is 8.91. The first-order valence-corrected chi connectivity index (χ1v) is 2.11. The average Bonchev–Trinajstić information content (AvgIpc) is 1.38. The summed E-state index contributed by atoms with van der Waals surface area (Å²) in [6.45, 7) is 0. The van der Waals surface area contributed by atoms with E-state index >= 15 is 0 Å². The van der Waals surface area contributed by atoms with Crippen molar-refractivity contribution < 1.29 is 13.2 Å². The van der Waals surface area contributed by atoms with Gasteiger partial charge >= 0.3 is 0 Å². The SMILES string of the molecule is O=C[SH](=O)=O. The first-order chi connectivity index (χ1) is 2.27. The third kappa shape index (κ3) is 3.62. The minimum atomic E-state index is -2.78. The summed E-state index contributed by atoms with van der Waals surface area (Å²) in [6.07, 6.45) is 0. The largest absolute Gasteiger partial charge is 0.286 e. The molecular formula is CH2O3S. The molecule has 0 rings (SSSR count). The van der Waals surface area contributed by atoms with E-state index in [4.69, 9.17) is 13.2 Å². The Morgan fingerprint density at radius 1 is 1.40 bits per heavy atom. The zero-order chi connectivity index (χ0) is 4.28. The Kier molecular flexibility index (Phi) is 1.75. The Hall–Kier alpha value is -0.380. The molecule has 0 unspecified atom stereocenters. The highest BCUT2D eigenvalue weighted by Gasteiger charge is 1.63. The van der Waals surface area contributed by atoms with E-state index in [9.17, 15) is 0 Å². The topological polar surface area (TPSA) is 51.2 Å². The van der Waals surface area contributed by atoms with E-state index in [0.29, 0.717) is 0 Å². The lowest BCUT2D eigenvalue weighted by Crippen LogP contribution is -1.68. The lowest BCUT2D eigenvalue weighted by molar-refractivity contribution is 0.561. The molecule has 5 heavy (non-hydrogen) atoms. The van der Waals surface area contributed by atoms with Crippen molar-refractivity contribution >= 4 is 16.3 Å². The van der Waals surface area contributed by atoms with Gasteiger partial charge in [0.2, 0.25) is 5.62 Å². The third-order valence-electron chi connectivity index (χ3n) is 0.0861. The quantitative estimate of drug-likeness (QED) is 0.327. The highest BCUT2D eigenvalue weighted by Crippen LogP contribution is 1.36. The van der Waals surface area contributed by atoms with E-state index in [0.717, 1.165) is 0 Å². The van der Waals surface area contributed by atoms with Crippen LogP contribution in [-0.4, -0.2) is 14.0 Å². The summed E-state index contributed by atoms with van der Waals surface area (Å²) in [5.74, 6) is 0. The Morgan fingerprint density at radius 2 is 1.60 bits per heavy atom. The van der Waals surface area contributed by atoms with Crippen molar-refractivity contribution in [3.8, 4) is 0 Å². The van der Waals surface area contributed by atoms with Gasteiger partial charge in [0.1, 0.15) is 0 Å². The first kappa shape index (κ1) is 4.62. The van der Waals surface area contributed by atoms with Crippen LogP contribution in [-0.2, 0) is 15.5 Å². The molecule has 0 aliphatic rings. The monoisotopic (exact) mass is 94.0 g/mol. The molecule has 0 saturated carbocycles. The van der Waals surface area contributed by atoms with Crippen molar-refractivity contribution in [2.24, 2.45) is 0 Å². The zero-order valence-corrected chi connectivity index (χ0v) is 3.14. The molecule has 0 radical (unpaired) electrons. The molecule has 0 atom stereocenters. The van der Waals surface area contributed by atoms with Gasteiger partial charge in [-0.3, -0.25) is 4.79 Å². The van der Waals surface area contributed by atoms with Crippen molar-refractivity contribution in [3.05, 3.63) is 0 Å². The first-order valence-electron chi connectivity index (χ1n) is 0.859. The van der Waals surface area contributed by atoms with Gasteiger partial charge in [-0.1, -0.05) is 0 Å². The second-order valence-corrected chi connectivity index (χ2v) is 1.17. The fraction of sp³-hybridized carbons (Fsp3) is 0. The van der Waals surface area contributed by atoms with Crippen LogP contribution in [0.4, 0.5) is 0 Å². The maximum absolute atomic E-state index is 9.04. The van der Waals surface area contributed by atoms with Crippen molar-refractivity contribution in [1.29, 1.82) is 0 Å². The van der Waals surface area contributed by atoms with Gasteiger partial charge in [-0.15, -0.1) is 0 Å². The lowest BCUT2D eigenvalue weighted by Gasteiger charge is -1.44. The molecule has 0 aliphatic heterocycles. The lowest BCUT2D eigenvalue weighted by atomic mass is 11.8. The molecular weight excluding hydrogens is 92.1 g/mol. The van der Waals surface area contributed by atoms with Crippen molar-refractivity contribution in [1.82, 2.24) is 0 Å². The predicted octanol–water partition coefficient (Wildman–Crippen LogP) is -1.21. The van der Waals surface area contributed by atoms with Crippen LogP contribution in [0.3, 0.4) is 0 Å². The van der Waals surface area contributed by atoms with Crippen LogP contribution in [0.2, 0.25) is 0 Å². The van der Waals surface area contributed by atoms with Crippen LogP contribution in [0.15, 0.2) is 0 Å². The number of carbonyl (C=O) groups excluding carboxylic acids is 1. The molecule has 0 amide bonds. The van der Waals surface area contributed by atoms with Gasteiger partial charge in [0, 0.05) is 0 Å². The van der Waals surface area contributed by atoms with Crippen molar-refractivity contribution in [2.75, 3.05) is 0 Å². The van der Waals surface area contributed by atoms with Crippen LogP contribution in [0.1, 0.15) is 0 Å². The maximum atomic E-state index is 9.04. The second kappa shape index (κ2) is 1.90. The summed E-state index contributed by atoms with van der Waals surface area (Å²) in [7, 11) is -2.78. The molecule has 0 N–H and O–H groups in total. The maximum Gasteiger partial charge on any atom is 0.231 e. The van der Waals surface area contributed by atoms with Gasteiger partial charge in [-0.05, 0) is 0 Å². The normalized spacial score (nSPS) is 8.20. The summed E-state index contributed by atoms with van der Waals surface area (Å²) >= 11 is 0. The number of hydrogen-bond acceptors (Lipinski definition) is 3. The Balaban J connectivity index is 3.69. The molecule has 30 valence electrons. The molecule has 3 nitrogen and oxygen atoms in total. The molecule has 4 heteroatoms. The summed E-state index contributed by atoms with van der Waals surface area (Å²) in [5, 5.41) is 0. The highest BCUT2D eigenvalue weighted by molar-refractivity contribution is 7.86. The standard InChI is InChI=1S/CH2O3S/c2-1-5(3)4/h1,5H. The van der Waals surface area contributed by atoms with Crippen LogP contribution < -0.4 is 0 Å². The number of hydrogen-bond donors (Lipinski definition) is 1. The van der Waals surface area contributed by atoms with Crippen LogP contribution in [0.5, 0.6) is 0 Å². The van der Waals surface area contributed by atoms with Crippen LogP contribution in [0.25, 0.3) is 0 Å². The highest BCUT2D eigenvalue weighted by atomic mass is 32.2. The second-order valence-electron chi connectivity index (χ2n) is 0.391. The van der Waals surface area contributed by atoms with E-state index in [1.165, 1.54) is 0 Å². The molecule has 0 bridgehead atoms. The molecule has 0 spiro atoms. The molecule has 0 aromatic heterocycles. The molecule has 0 aromatic carbocycles. The van der Waals surface area contributed by atoms with E-state index in [1.807, 2.05) is 0 Å². The molecule has 0 fully saturated rings. The minimum absolute atomic E-state index is 0.130. The van der Waals surface area contributed by atoms with Crippen molar-refractivity contribution in [2.45, 2.75) is 0 Å². The van der Waals surface area contributed by atoms with Crippen LogP contribution >= 0.6 is 0 Å². The van der Waals surface area contributed by atoms with E-state index in [1.54, 1.807) is 0 Å². The zero-order valence-electron chi connectivity index (χ0n) is 2.25. The summed E-state index contributed by atoms with van der Waals surface area (Å²) in [5.41, 5.74) is -0.130. The van der Waals surface area contributed by atoms with E-state index < -0.39 is 10.7 Å². The fourth-order valence-corrected chi connectivity index (χ4v) is 0. The average molecular weight is 94.1 g/mol.